The van der Waals surface area contributed by atoms with E-state index in [9.17, 15) is 9.18 Å². The maximum Gasteiger partial charge on any atom is 0.254 e. The van der Waals surface area contributed by atoms with Crippen LogP contribution in [0.1, 0.15) is 28.2 Å². The van der Waals surface area contributed by atoms with Gasteiger partial charge in [0.25, 0.3) is 5.91 Å². The van der Waals surface area contributed by atoms with Crippen LogP contribution < -0.4 is 5.32 Å². The van der Waals surface area contributed by atoms with Crippen molar-refractivity contribution in [3.63, 3.8) is 0 Å². The van der Waals surface area contributed by atoms with Crippen molar-refractivity contribution in [2.45, 2.75) is 17.7 Å². The minimum atomic E-state index is -0.544. The number of thiol groups is 1. The quantitative estimate of drug-likeness (QED) is 0.851. The summed E-state index contributed by atoms with van der Waals surface area (Å²) in [5.41, 5.74) is 0.0128. The largest absolute Gasteiger partial charge is 0.351 e. The fraction of sp³-hybridized carbons (Fsp3) is 0.231. The van der Waals surface area contributed by atoms with Crippen LogP contribution in [0.2, 0.25) is 0 Å². The molecule has 2 aromatic rings. The SMILES string of the molecule is CC(CNC(=O)c1cc(S)ccc1F)c1nccs1. The van der Waals surface area contributed by atoms with Crippen molar-refractivity contribution in [2.24, 2.45) is 0 Å². The summed E-state index contributed by atoms with van der Waals surface area (Å²) in [6.07, 6.45) is 1.72. The zero-order valence-corrected chi connectivity index (χ0v) is 12.0. The van der Waals surface area contributed by atoms with E-state index in [1.807, 2.05) is 12.3 Å². The van der Waals surface area contributed by atoms with Crippen molar-refractivity contribution >= 4 is 29.9 Å². The van der Waals surface area contributed by atoms with E-state index >= 15 is 0 Å². The second-order valence-electron chi connectivity index (χ2n) is 4.15. The molecule has 19 heavy (non-hydrogen) atoms. The van der Waals surface area contributed by atoms with Gasteiger partial charge in [-0.2, -0.15) is 0 Å². The topological polar surface area (TPSA) is 42.0 Å². The second-order valence-corrected chi connectivity index (χ2v) is 5.59. The third-order valence-electron chi connectivity index (χ3n) is 2.64. The molecule has 1 N–H and O–H groups in total. The van der Waals surface area contributed by atoms with Crippen LogP contribution in [0.4, 0.5) is 4.39 Å². The van der Waals surface area contributed by atoms with E-state index < -0.39 is 11.7 Å². The number of nitrogens with zero attached hydrogens (tertiary/aromatic N) is 1. The van der Waals surface area contributed by atoms with Crippen LogP contribution in [0.15, 0.2) is 34.7 Å². The van der Waals surface area contributed by atoms with Crippen molar-refractivity contribution in [1.82, 2.24) is 10.3 Å². The molecule has 1 atom stereocenters. The van der Waals surface area contributed by atoms with E-state index in [2.05, 4.69) is 22.9 Å². The molecule has 6 heteroatoms. The molecular formula is C13H13FN2OS2. The number of carbonyl (C=O) groups is 1. The Morgan fingerprint density at radius 3 is 3.05 bits per heavy atom. The summed E-state index contributed by atoms with van der Waals surface area (Å²) in [4.78, 5) is 16.6. The zero-order chi connectivity index (χ0) is 13.8. The molecule has 100 valence electrons. The summed E-state index contributed by atoms with van der Waals surface area (Å²) >= 11 is 5.63. The van der Waals surface area contributed by atoms with Crippen LogP contribution in [0.3, 0.4) is 0 Å². The van der Waals surface area contributed by atoms with Gasteiger partial charge in [-0.25, -0.2) is 9.37 Å². The van der Waals surface area contributed by atoms with Gasteiger partial charge in [-0.3, -0.25) is 4.79 Å². The number of carbonyl (C=O) groups excluding carboxylic acids is 1. The average Bonchev–Trinajstić information content (AvgIpc) is 2.92. The van der Waals surface area contributed by atoms with Gasteiger partial charge in [-0.15, -0.1) is 24.0 Å². The molecular weight excluding hydrogens is 283 g/mol. The van der Waals surface area contributed by atoms with Gasteiger partial charge in [0.1, 0.15) is 5.82 Å². The first-order chi connectivity index (χ1) is 9.08. The predicted molar refractivity (Wildman–Crippen MR) is 76.5 cm³/mol. The van der Waals surface area contributed by atoms with Gasteiger partial charge < -0.3 is 5.32 Å². The highest BCUT2D eigenvalue weighted by atomic mass is 32.1. The standard InChI is InChI=1S/C13H13FN2OS2/c1-8(13-15-4-5-19-13)7-16-12(17)10-6-9(18)2-3-11(10)14/h2-6,8,18H,7H2,1H3,(H,16,17). The number of rotatable bonds is 4. The summed E-state index contributed by atoms with van der Waals surface area (Å²) in [6.45, 7) is 2.38. The zero-order valence-electron chi connectivity index (χ0n) is 10.3. The molecule has 0 aliphatic heterocycles. The maximum atomic E-state index is 13.5. The summed E-state index contributed by atoms with van der Waals surface area (Å²) in [7, 11) is 0. The van der Waals surface area contributed by atoms with Gasteiger partial charge in [-0.1, -0.05) is 6.92 Å². The second kappa shape index (κ2) is 6.16. The van der Waals surface area contributed by atoms with Gasteiger partial charge >= 0.3 is 0 Å². The summed E-state index contributed by atoms with van der Waals surface area (Å²) in [5, 5.41) is 5.54. The van der Waals surface area contributed by atoms with Gasteiger partial charge in [0, 0.05) is 28.9 Å². The molecule has 0 aliphatic rings. The number of hydrogen-bond donors (Lipinski definition) is 2. The van der Waals surface area contributed by atoms with Crippen LogP contribution >= 0.6 is 24.0 Å². The van der Waals surface area contributed by atoms with Gasteiger partial charge in [-0.05, 0) is 18.2 Å². The average molecular weight is 296 g/mol. The number of halogens is 1. The molecule has 0 fully saturated rings. The Bertz CT molecular complexity index is 572. The Morgan fingerprint density at radius 2 is 2.37 bits per heavy atom. The molecule has 0 bridgehead atoms. The molecule has 1 heterocycles. The Labute approximate surface area is 120 Å². The lowest BCUT2D eigenvalue weighted by molar-refractivity contribution is 0.0947. The van der Waals surface area contributed by atoms with E-state index in [4.69, 9.17) is 0 Å². The Kier molecular flexibility index (Phi) is 4.55. The Morgan fingerprint density at radius 1 is 1.58 bits per heavy atom. The number of nitrogens with one attached hydrogen (secondary N) is 1. The van der Waals surface area contributed by atoms with Crippen LogP contribution in [0, 0.1) is 5.82 Å². The fourth-order valence-corrected chi connectivity index (χ4v) is 2.50. The summed E-state index contributed by atoms with van der Waals surface area (Å²) in [6, 6.07) is 4.16. The van der Waals surface area contributed by atoms with E-state index in [1.165, 1.54) is 29.5 Å². The van der Waals surface area contributed by atoms with E-state index in [1.54, 1.807) is 6.20 Å². The number of benzene rings is 1. The van der Waals surface area contributed by atoms with Crippen molar-refractivity contribution in [1.29, 1.82) is 0 Å². The highest BCUT2D eigenvalue weighted by molar-refractivity contribution is 7.80. The van der Waals surface area contributed by atoms with Crippen molar-refractivity contribution in [3.8, 4) is 0 Å². The first-order valence-corrected chi connectivity index (χ1v) is 7.06. The lowest BCUT2D eigenvalue weighted by Gasteiger charge is -2.10. The summed E-state index contributed by atoms with van der Waals surface area (Å²) in [5.74, 6) is -0.875. The Hall–Kier alpha value is -1.40. The maximum absolute atomic E-state index is 13.5. The molecule has 1 unspecified atom stereocenters. The lowest BCUT2D eigenvalue weighted by Crippen LogP contribution is -2.28. The molecule has 0 aliphatic carbocycles. The first-order valence-electron chi connectivity index (χ1n) is 5.74. The Balaban J connectivity index is 2.00. The number of hydrogen-bond acceptors (Lipinski definition) is 4. The number of amides is 1. The van der Waals surface area contributed by atoms with E-state index in [0.29, 0.717) is 11.4 Å². The van der Waals surface area contributed by atoms with Gasteiger partial charge in [0.05, 0.1) is 10.6 Å². The van der Waals surface area contributed by atoms with Gasteiger partial charge in [0.15, 0.2) is 0 Å². The molecule has 2 rings (SSSR count). The highest BCUT2D eigenvalue weighted by Crippen LogP contribution is 2.17. The van der Waals surface area contributed by atoms with Crippen LogP contribution in [0.25, 0.3) is 0 Å². The molecule has 0 radical (unpaired) electrons. The molecule has 0 saturated carbocycles. The normalized spacial score (nSPS) is 12.2. The molecule has 1 aromatic carbocycles. The van der Waals surface area contributed by atoms with Crippen LogP contribution in [-0.2, 0) is 0 Å². The van der Waals surface area contributed by atoms with Crippen molar-refractivity contribution in [2.75, 3.05) is 6.54 Å². The third-order valence-corrected chi connectivity index (χ3v) is 3.92. The van der Waals surface area contributed by atoms with Crippen LogP contribution in [0.5, 0.6) is 0 Å². The third kappa shape index (κ3) is 3.54. The molecule has 1 aromatic heterocycles. The predicted octanol–water partition coefficient (Wildman–Crippen LogP) is 3.10. The molecule has 3 nitrogen and oxygen atoms in total. The minimum absolute atomic E-state index is 0.0128. The molecule has 1 amide bonds. The van der Waals surface area contributed by atoms with Crippen molar-refractivity contribution < 1.29 is 9.18 Å². The highest BCUT2D eigenvalue weighted by Gasteiger charge is 2.14. The fourth-order valence-electron chi connectivity index (χ4n) is 1.59. The van der Waals surface area contributed by atoms with Gasteiger partial charge in [0.2, 0.25) is 0 Å². The molecule has 0 spiro atoms. The smallest absolute Gasteiger partial charge is 0.254 e. The van der Waals surface area contributed by atoms with E-state index in [0.717, 1.165) is 5.01 Å². The number of thiazole rings is 1. The first kappa shape index (κ1) is 14.0. The van der Waals surface area contributed by atoms with Crippen molar-refractivity contribution in [3.05, 3.63) is 46.2 Å². The van der Waals surface area contributed by atoms with E-state index in [-0.39, 0.29) is 11.5 Å². The minimum Gasteiger partial charge on any atom is -0.351 e. The lowest BCUT2D eigenvalue weighted by atomic mass is 10.1. The number of aromatic nitrogens is 1. The monoisotopic (exact) mass is 296 g/mol. The van der Waals surface area contributed by atoms with Crippen LogP contribution in [-0.4, -0.2) is 17.4 Å². The molecule has 0 saturated heterocycles. The summed E-state index contributed by atoms with van der Waals surface area (Å²) < 4.78 is 13.5.